The summed E-state index contributed by atoms with van der Waals surface area (Å²) < 4.78 is 0. The average Bonchev–Trinajstić information content (AvgIpc) is 2.43. The second-order valence-electron chi connectivity index (χ2n) is 4.52. The monoisotopic (exact) mass is 273 g/mol. The minimum atomic E-state index is 0.238. The number of hydrogen-bond donors (Lipinski definition) is 0. The number of benzene rings is 1. The van der Waals surface area contributed by atoms with Gasteiger partial charge in [-0.3, -0.25) is 9.78 Å². The van der Waals surface area contributed by atoms with Crippen LogP contribution in [-0.4, -0.2) is 10.8 Å². The number of rotatable bonds is 6. The molecule has 0 fully saturated rings. The predicted molar refractivity (Wildman–Crippen MR) is 77.3 cm³/mol. The largest absolute Gasteiger partial charge is 0.299 e. The number of aromatic nitrogens is 1. The summed E-state index contributed by atoms with van der Waals surface area (Å²) in [5.41, 5.74) is 2.14. The molecule has 19 heavy (non-hydrogen) atoms. The Labute approximate surface area is 118 Å². The molecule has 2 rings (SSSR count). The van der Waals surface area contributed by atoms with E-state index in [1.807, 2.05) is 36.4 Å². The summed E-state index contributed by atoms with van der Waals surface area (Å²) in [4.78, 5) is 15.9. The SMILES string of the molecule is O=C(CCCc1ccncc1)Cc1ccccc1Cl. The van der Waals surface area contributed by atoms with E-state index >= 15 is 0 Å². The lowest BCUT2D eigenvalue weighted by molar-refractivity contribution is -0.118. The molecule has 0 aliphatic carbocycles. The number of carbonyl (C=O) groups is 1. The molecule has 0 radical (unpaired) electrons. The Kier molecular flexibility index (Phi) is 5.10. The van der Waals surface area contributed by atoms with Crippen LogP contribution in [0.1, 0.15) is 24.0 Å². The van der Waals surface area contributed by atoms with Crippen LogP contribution >= 0.6 is 11.6 Å². The van der Waals surface area contributed by atoms with Crippen LogP contribution in [0.5, 0.6) is 0 Å². The zero-order chi connectivity index (χ0) is 13.5. The molecular weight excluding hydrogens is 258 g/mol. The van der Waals surface area contributed by atoms with Crippen molar-refractivity contribution in [3.63, 3.8) is 0 Å². The summed E-state index contributed by atoms with van der Waals surface area (Å²) in [6, 6.07) is 11.5. The van der Waals surface area contributed by atoms with Gasteiger partial charge in [0.25, 0.3) is 0 Å². The molecule has 0 saturated heterocycles. The number of hydrogen-bond acceptors (Lipinski definition) is 2. The maximum Gasteiger partial charge on any atom is 0.137 e. The van der Waals surface area contributed by atoms with Gasteiger partial charge in [-0.1, -0.05) is 29.8 Å². The van der Waals surface area contributed by atoms with Crippen LogP contribution < -0.4 is 0 Å². The lowest BCUT2D eigenvalue weighted by atomic mass is 10.0. The molecule has 0 aliphatic heterocycles. The van der Waals surface area contributed by atoms with E-state index in [2.05, 4.69) is 4.98 Å². The molecule has 0 bridgehead atoms. The number of aryl methyl sites for hydroxylation is 1. The van der Waals surface area contributed by atoms with Gasteiger partial charge in [0.15, 0.2) is 0 Å². The number of halogens is 1. The quantitative estimate of drug-likeness (QED) is 0.800. The molecule has 0 spiro atoms. The van der Waals surface area contributed by atoms with Crippen LogP contribution in [0.4, 0.5) is 0 Å². The van der Waals surface area contributed by atoms with Crippen LogP contribution in [0.3, 0.4) is 0 Å². The van der Waals surface area contributed by atoms with E-state index in [-0.39, 0.29) is 5.78 Å². The van der Waals surface area contributed by atoms with Gasteiger partial charge in [0.05, 0.1) is 0 Å². The average molecular weight is 274 g/mol. The smallest absolute Gasteiger partial charge is 0.137 e. The van der Waals surface area contributed by atoms with Gasteiger partial charge in [-0.15, -0.1) is 0 Å². The molecular formula is C16H16ClNO. The number of pyridine rings is 1. The fourth-order valence-corrected chi connectivity index (χ4v) is 2.18. The normalized spacial score (nSPS) is 10.4. The molecule has 98 valence electrons. The Morgan fingerprint density at radius 1 is 1.11 bits per heavy atom. The van der Waals surface area contributed by atoms with Crippen LogP contribution in [0.15, 0.2) is 48.8 Å². The van der Waals surface area contributed by atoms with Crippen LogP contribution in [0.25, 0.3) is 0 Å². The minimum Gasteiger partial charge on any atom is -0.299 e. The molecule has 0 aliphatic rings. The molecule has 1 heterocycles. The number of ketones is 1. The summed E-state index contributed by atoms with van der Waals surface area (Å²) in [7, 11) is 0. The third-order valence-electron chi connectivity index (χ3n) is 3.02. The highest BCUT2D eigenvalue weighted by molar-refractivity contribution is 6.31. The molecule has 3 heteroatoms. The third-order valence-corrected chi connectivity index (χ3v) is 3.38. The van der Waals surface area contributed by atoms with Crippen molar-refractivity contribution in [3.8, 4) is 0 Å². The van der Waals surface area contributed by atoms with Crippen molar-refractivity contribution in [3.05, 3.63) is 64.9 Å². The molecule has 0 saturated carbocycles. The van der Waals surface area contributed by atoms with Crippen molar-refractivity contribution < 1.29 is 4.79 Å². The van der Waals surface area contributed by atoms with E-state index < -0.39 is 0 Å². The summed E-state index contributed by atoms with van der Waals surface area (Å²) in [5.74, 6) is 0.238. The molecule has 2 nitrogen and oxygen atoms in total. The zero-order valence-corrected chi connectivity index (χ0v) is 11.4. The van der Waals surface area contributed by atoms with E-state index in [1.165, 1.54) is 5.56 Å². The lowest BCUT2D eigenvalue weighted by Crippen LogP contribution is -2.03. The van der Waals surface area contributed by atoms with Gasteiger partial charge in [-0.25, -0.2) is 0 Å². The van der Waals surface area contributed by atoms with Gasteiger partial charge in [0.2, 0.25) is 0 Å². The van der Waals surface area contributed by atoms with Crippen LogP contribution in [0.2, 0.25) is 5.02 Å². The molecule has 0 amide bonds. The molecule has 1 aromatic carbocycles. The van der Waals surface area contributed by atoms with Gasteiger partial charge < -0.3 is 0 Å². The topological polar surface area (TPSA) is 30.0 Å². The second kappa shape index (κ2) is 7.05. The van der Waals surface area contributed by atoms with Crippen LogP contribution in [0, 0.1) is 0 Å². The highest BCUT2D eigenvalue weighted by Gasteiger charge is 2.06. The molecule has 0 N–H and O–H groups in total. The predicted octanol–water partition coefficient (Wildman–Crippen LogP) is 3.87. The fraction of sp³-hybridized carbons (Fsp3) is 0.250. The first-order valence-electron chi connectivity index (χ1n) is 6.40. The zero-order valence-electron chi connectivity index (χ0n) is 10.7. The standard InChI is InChI=1S/C16H16ClNO/c17-16-7-2-1-5-14(16)12-15(19)6-3-4-13-8-10-18-11-9-13/h1-2,5,7-11H,3-4,6,12H2. The third kappa shape index (κ3) is 4.49. The highest BCUT2D eigenvalue weighted by atomic mass is 35.5. The van der Waals surface area contributed by atoms with Gasteiger partial charge >= 0.3 is 0 Å². The summed E-state index contributed by atoms with van der Waals surface area (Å²) >= 11 is 6.04. The van der Waals surface area contributed by atoms with E-state index in [4.69, 9.17) is 11.6 Å². The van der Waals surface area contributed by atoms with Crippen molar-refractivity contribution >= 4 is 17.4 Å². The number of nitrogens with zero attached hydrogens (tertiary/aromatic N) is 1. The van der Waals surface area contributed by atoms with Crippen molar-refractivity contribution in [2.75, 3.05) is 0 Å². The maximum absolute atomic E-state index is 11.9. The summed E-state index contributed by atoms with van der Waals surface area (Å²) in [6.45, 7) is 0. The first-order valence-corrected chi connectivity index (χ1v) is 6.77. The Hall–Kier alpha value is -1.67. The van der Waals surface area contributed by atoms with E-state index in [0.717, 1.165) is 18.4 Å². The highest BCUT2D eigenvalue weighted by Crippen LogP contribution is 2.16. The van der Waals surface area contributed by atoms with E-state index in [1.54, 1.807) is 12.4 Å². The fourth-order valence-electron chi connectivity index (χ4n) is 1.98. The molecule has 1 aromatic heterocycles. The van der Waals surface area contributed by atoms with Crippen LogP contribution in [-0.2, 0) is 17.6 Å². The summed E-state index contributed by atoms with van der Waals surface area (Å²) in [5, 5.41) is 0.671. The van der Waals surface area contributed by atoms with Crippen molar-refractivity contribution in [1.82, 2.24) is 4.98 Å². The van der Waals surface area contributed by atoms with Gasteiger partial charge in [-0.05, 0) is 42.2 Å². The minimum absolute atomic E-state index is 0.238. The number of Topliss-reactive ketones (excluding diaryl/α,β-unsaturated/α-hetero) is 1. The van der Waals surface area contributed by atoms with Crippen molar-refractivity contribution in [2.45, 2.75) is 25.7 Å². The summed E-state index contributed by atoms with van der Waals surface area (Å²) in [6.07, 6.45) is 6.36. The molecule has 2 aromatic rings. The lowest BCUT2D eigenvalue weighted by Gasteiger charge is -2.04. The van der Waals surface area contributed by atoms with Gasteiger partial charge in [-0.2, -0.15) is 0 Å². The Bertz CT molecular complexity index is 539. The Morgan fingerprint density at radius 3 is 2.58 bits per heavy atom. The van der Waals surface area contributed by atoms with Crippen molar-refractivity contribution in [1.29, 1.82) is 0 Å². The number of carbonyl (C=O) groups excluding carboxylic acids is 1. The second-order valence-corrected chi connectivity index (χ2v) is 4.92. The van der Waals surface area contributed by atoms with E-state index in [9.17, 15) is 4.79 Å². The molecule has 0 unspecified atom stereocenters. The van der Waals surface area contributed by atoms with Crippen molar-refractivity contribution in [2.24, 2.45) is 0 Å². The Balaban J connectivity index is 1.78. The first-order chi connectivity index (χ1) is 9.25. The van der Waals surface area contributed by atoms with E-state index in [0.29, 0.717) is 17.9 Å². The molecule has 0 atom stereocenters. The Morgan fingerprint density at radius 2 is 1.84 bits per heavy atom. The van der Waals surface area contributed by atoms with Gasteiger partial charge in [0.1, 0.15) is 5.78 Å². The maximum atomic E-state index is 11.9. The van der Waals surface area contributed by atoms with Gasteiger partial charge in [0, 0.05) is 30.3 Å². The first kappa shape index (κ1) is 13.8.